The number of benzene rings is 2. The number of amides is 1. The summed E-state index contributed by atoms with van der Waals surface area (Å²) >= 11 is 0. The molecule has 2 atom stereocenters. The highest BCUT2D eigenvalue weighted by atomic mass is 16.5. The van der Waals surface area contributed by atoms with E-state index in [2.05, 4.69) is 27.0 Å². The summed E-state index contributed by atoms with van der Waals surface area (Å²) in [5.41, 5.74) is 11.4. The van der Waals surface area contributed by atoms with Crippen molar-refractivity contribution < 1.29 is 14.6 Å². The Morgan fingerprint density at radius 1 is 1.24 bits per heavy atom. The minimum absolute atomic E-state index is 0.147. The lowest BCUT2D eigenvalue weighted by Gasteiger charge is -2.26. The highest BCUT2D eigenvalue weighted by molar-refractivity contribution is 6.04. The summed E-state index contributed by atoms with van der Waals surface area (Å²) in [4.78, 5) is 15.9. The van der Waals surface area contributed by atoms with Crippen LogP contribution in [0.4, 0.5) is 11.5 Å². The highest BCUT2D eigenvalue weighted by Gasteiger charge is 2.28. The monoisotopic (exact) mass is 461 g/mol. The molecule has 1 aliphatic rings. The molecule has 7 N–H and O–H groups in total. The second-order valence-electron chi connectivity index (χ2n) is 8.40. The SMILES string of the molecule is CNCC1=Cc2c(c[nH]c2NCc2cccc(NC(=O)c3ccc(OC)cc3)c2)C(C(N)O)C1. The summed E-state index contributed by atoms with van der Waals surface area (Å²) in [5, 5.41) is 19.7. The number of hydrogen-bond acceptors (Lipinski definition) is 6. The Bertz CT molecular complexity index is 1170. The summed E-state index contributed by atoms with van der Waals surface area (Å²) in [6.45, 7) is 1.30. The van der Waals surface area contributed by atoms with Crippen LogP contribution in [-0.2, 0) is 6.54 Å². The zero-order valence-electron chi connectivity index (χ0n) is 19.4. The van der Waals surface area contributed by atoms with E-state index in [1.54, 1.807) is 31.4 Å². The van der Waals surface area contributed by atoms with Gasteiger partial charge in [-0.25, -0.2) is 0 Å². The van der Waals surface area contributed by atoms with Gasteiger partial charge in [0.25, 0.3) is 5.91 Å². The Hall–Kier alpha value is -3.59. The van der Waals surface area contributed by atoms with Crippen molar-refractivity contribution in [3.63, 3.8) is 0 Å². The van der Waals surface area contributed by atoms with E-state index in [1.165, 1.54) is 5.57 Å². The molecule has 0 saturated heterocycles. The molecule has 3 aromatic rings. The number of rotatable bonds is 9. The van der Waals surface area contributed by atoms with Crippen LogP contribution >= 0.6 is 0 Å². The molecule has 0 radical (unpaired) electrons. The number of nitrogens with one attached hydrogen (secondary N) is 4. The number of aromatic amines is 1. The first-order valence-corrected chi connectivity index (χ1v) is 11.3. The predicted molar refractivity (Wildman–Crippen MR) is 135 cm³/mol. The number of H-pyrrole nitrogens is 1. The number of aliphatic hydroxyl groups is 1. The number of anilines is 2. The van der Waals surface area contributed by atoms with Gasteiger partial charge in [-0.15, -0.1) is 0 Å². The third-order valence-corrected chi connectivity index (χ3v) is 6.00. The lowest BCUT2D eigenvalue weighted by Crippen LogP contribution is -2.30. The maximum atomic E-state index is 12.6. The average Bonchev–Trinajstić information content (AvgIpc) is 3.25. The van der Waals surface area contributed by atoms with Gasteiger partial charge in [0.1, 0.15) is 17.8 Å². The van der Waals surface area contributed by atoms with E-state index < -0.39 is 6.23 Å². The molecule has 1 aromatic heterocycles. The number of likely N-dealkylation sites (N-methyl/N-ethyl adjacent to an activating group) is 1. The number of ether oxygens (including phenoxy) is 1. The van der Waals surface area contributed by atoms with Crippen LogP contribution in [-0.4, -0.2) is 42.9 Å². The molecule has 0 aliphatic heterocycles. The van der Waals surface area contributed by atoms with Gasteiger partial charge in [0.15, 0.2) is 0 Å². The molecule has 2 unspecified atom stereocenters. The van der Waals surface area contributed by atoms with Crippen molar-refractivity contribution in [3.8, 4) is 5.75 Å². The first-order valence-electron chi connectivity index (χ1n) is 11.3. The molecule has 0 bridgehead atoms. The maximum Gasteiger partial charge on any atom is 0.255 e. The van der Waals surface area contributed by atoms with Crippen molar-refractivity contribution in [2.75, 3.05) is 31.3 Å². The molecule has 8 nitrogen and oxygen atoms in total. The second-order valence-corrected chi connectivity index (χ2v) is 8.40. The number of methoxy groups -OCH3 is 1. The van der Waals surface area contributed by atoms with Gasteiger partial charge in [-0.1, -0.05) is 23.8 Å². The maximum absolute atomic E-state index is 12.6. The van der Waals surface area contributed by atoms with Crippen LogP contribution in [0.15, 0.2) is 60.3 Å². The zero-order chi connectivity index (χ0) is 24.1. The molecule has 4 rings (SSSR count). The second kappa shape index (κ2) is 10.6. The van der Waals surface area contributed by atoms with Crippen LogP contribution in [0.25, 0.3) is 6.08 Å². The van der Waals surface area contributed by atoms with E-state index in [0.717, 1.165) is 41.2 Å². The van der Waals surface area contributed by atoms with Crippen LogP contribution in [0.5, 0.6) is 5.75 Å². The minimum Gasteiger partial charge on any atom is -0.497 e. The number of hydrogen-bond donors (Lipinski definition) is 6. The number of aromatic nitrogens is 1. The van der Waals surface area contributed by atoms with Gasteiger partial charge < -0.3 is 36.5 Å². The number of carbonyl (C=O) groups excluding carboxylic acids is 1. The standard InChI is InChI=1S/C26H31N5O3/c1-28-13-17-11-21(24(27)32)23-15-30-25(22(23)12-17)29-14-16-4-3-5-19(10-16)31-26(33)18-6-8-20(34-2)9-7-18/h3-10,12,15,21,24,28-30,32H,11,13-14,27H2,1-2H3,(H,31,33). The summed E-state index contributed by atoms with van der Waals surface area (Å²) in [6, 6.07) is 14.7. The first kappa shape index (κ1) is 23.6. The number of nitrogens with two attached hydrogens (primary N) is 1. The van der Waals surface area contributed by atoms with Gasteiger partial charge in [0.2, 0.25) is 0 Å². The van der Waals surface area contributed by atoms with Crippen molar-refractivity contribution in [1.29, 1.82) is 0 Å². The lowest BCUT2D eigenvalue weighted by molar-refractivity contribution is 0.102. The first-order chi connectivity index (χ1) is 16.5. The Kier molecular flexibility index (Phi) is 7.32. The van der Waals surface area contributed by atoms with Gasteiger partial charge >= 0.3 is 0 Å². The lowest BCUT2D eigenvalue weighted by atomic mass is 9.84. The third kappa shape index (κ3) is 5.31. The molecule has 0 saturated carbocycles. The quantitative estimate of drug-likeness (QED) is 0.272. The van der Waals surface area contributed by atoms with Gasteiger partial charge in [-0.3, -0.25) is 4.79 Å². The summed E-state index contributed by atoms with van der Waals surface area (Å²) < 4.78 is 5.14. The molecule has 0 fully saturated rings. The van der Waals surface area contributed by atoms with Gasteiger partial charge in [0.05, 0.1) is 7.11 Å². The van der Waals surface area contributed by atoms with E-state index in [4.69, 9.17) is 10.5 Å². The normalized spacial score (nSPS) is 15.8. The summed E-state index contributed by atoms with van der Waals surface area (Å²) in [5.74, 6) is 1.25. The minimum atomic E-state index is -0.922. The molecule has 8 heteroatoms. The molecule has 2 aromatic carbocycles. The van der Waals surface area contributed by atoms with Gasteiger partial charge in [-0.2, -0.15) is 0 Å². The molecule has 1 amide bonds. The van der Waals surface area contributed by atoms with Crippen molar-refractivity contribution in [1.82, 2.24) is 10.3 Å². The third-order valence-electron chi connectivity index (χ3n) is 6.00. The van der Waals surface area contributed by atoms with E-state index in [9.17, 15) is 9.90 Å². The molecule has 178 valence electrons. The molecule has 0 spiro atoms. The topological polar surface area (TPSA) is 124 Å². The van der Waals surface area contributed by atoms with E-state index >= 15 is 0 Å². The smallest absolute Gasteiger partial charge is 0.255 e. The van der Waals surface area contributed by atoms with Crippen LogP contribution in [0.3, 0.4) is 0 Å². The molecule has 1 aliphatic carbocycles. The zero-order valence-corrected chi connectivity index (χ0v) is 19.4. The summed E-state index contributed by atoms with van der Waals surface area (Å²) in [6.07, 6.45) is 3.86. The number of carbonyl (C=O) groups is 1. The van der Waals surface area contributed by atoms with Gasteiger partial charge in [0, 0.05) is 42.0 Å². The van der Waals surface area contributed by atoms with Crippen LogP contribution in [0.1, 0.15) is 39.4 Å². The highest BCUT2D eigenvalue weighted by Crippen LogP contribution is 2.38. The fraction of sp³-hybridized carbons (Fsp3) is 0.269. The van der Waals surface area contributed by atoms with Crippen molar-refractivity contribution >= 4 is 23.5 Å². The summed E-state index contributed by atoms with van der Waals surface area (Å²) in [7, 11) is 3.50. The Balaban J connectivity index is 1.45. The van der Waals surface area contributed by atoms with Crippen molar-refractivity contribution in [2.45, 2.75) is 25.1 Å². The Labute approximate surface area is 199 Å². The van der Waals surface area contributed by atoms with E-state index in [-0.39, 0.29) is 11.8 Å². The fourth-order valence-corrected chi connectivity index (χ4v) is 4.26. The van der Waals surface area contributed by atoms with Gasteiger partial charge in [-0.05, 0) is 61.0 Å². The molecule has 34 heavy (non-hydrogen) atoms. The largest absolute Gasteiger partial charge is 0.497 e. The van der Waals surface area contributed by atoms with E-state index in [0.29, 0.717) is 17.9 Å². The number of aliphatic hydroxyl groups excluding tert-OH is 1. The van der Waals surface area contributed by atoms with Crippen LogP contribution < -0.4 is 26.4 Å². The predicted octanol–water partition coefficient (Wildman–Crippen LogP) is 3.25. The fourth-order valence-electron chi connectivity index (χ4n) is 4.26. The van der Waals surface area contributed by atoms with Crippen molar-refractivity contribution in [2.24, 2.45) is 5.73 Å². The molecular weight excluding hydrogens is 430 g/mol. The van der Waals surface area contributed by atoms with Crippen molar-refractivity contribution in [3.05, 3.63) is 82.6 Å². The Morgan fingerprint density at radius 3 is 2.74 bits per heavy atom. The van der Waals surface area contributed by atoms with Crippen LogP contribution in [0.2, 0.25) is 0 Å². The molecule has 1 heterocycles. The van der Waals surface area contributed by atoms with E-state index in [1.807, 2.05) is 37.5 Å². The van der Waals surface area contributed by atoms with Crippen LogP contribution in [0, 0.1) is 0 Å². The average molecular weight is 462 g/mol. The Morgan fingerprint density at radius 2 is 2.03 bits per heavy atom. The number of fused-ring (bicyclic) bond motifs is 1. The molecular formula is C26H31N5O3.